The normalized spacial score (nSPS) is 20.4. The number of hydrogen-bond acceptors (Lipinski definition) is 6. The van der Waals surface area contributed by atoms with Crippen LogP contribution in [0.25, 0.3) is 12.3 Å². The van der Waals surface area contributed by atoms with Crippen LogP contribution in [0.1, 0.15) is 12.8 Å². The van der Waals surface area contributed by atoms with Gasteiger partial charge in [0.1, 0.15) is 17.8 Å². The molecule has 0 bridgehead atoms. The van der Waals surface area contributed by atoms with E-state index in [-0.39, 0.29) is 0 Å². The summed E-state index contributed by atoms with van der Waals surface area (Å²) >= 11 is 0. The van der Waals surface area contributed by atoms with E-state index in [0.717, 1.165) is 30.0 Å². The topological polar surface area (TPSA) is 108 Å². The van der Waals surface area contributed by atoms with Crippen LogP contribution in [-0.4, -0.2) is 25.2 Å². The summed E-state index contributed by atoms with van der Waals surface area (Å²) in [6, 6.07) is 0. The minimum Gasteiger partial charge on any atom is -0.383 e. The van der Waals surface area contributed by atoms with E-state index in [9.17, 15) is 0 Å². The molecule has 0 fully saturated rings. The van der Waals surface area contributed by atoms with E-state index < -0.39 is 5.66 Å². The van der Waals surface area contributed by atoms with Crippen LogP contribution in [0.15, 0.2) is 25.0 Å². The van der Waals surface area contributed by atoms with Gasteiger partial charge in [0.2, 0.25) is 0 Å². The molecule has 0 aliphatic carbocycles. The Labute approximate surface area is 116 Å². The first-order valence-corrected chi connectivity index (χ1v) is 6.48. The Morgan fingerprint density at radius 1 is 1.35 bits per heavy atom. The highest BCUT2D eigenvalue weighted by atomic mass is 15.1. The number of anilines is 1. The highest BCUT2D eigenvalue weighted by Gasteiger charge is 2.22. The Kier molecular flexibility index (Phi) is 3.11. The molecule has 3 heterocycles. The third-order valence-electron chi connectivity index (χ3n) is 3.39. The first-order chi connectivity index (χ1) is 9.66. The number of hydrogen-bond donors (Lipinski definition) is 3. The summed E-state index contributed by atoms with van der Waals surface area (Å²) < 4.78 is 2.03. The Hall–Kier alpha value is -2.41. The van der Waals surface area contributed by atoms with Crippen molar-refractivity contribution in [1.29, 1.82) is 0 Å². The summed E-state index contributed by atoms with van der Waals surface area (Å²) in [4.78, 5) is 12.2. The number of nitrogen functional groups attached to an aromatic ring is 1. The van der Waals surface area contributed by atoms with Crippen molar-refractivity contribution in [3.63, 3.8) is 0 Å². The molecule has 2 aromatic heterocycles. The molecular formula is C13H17N7. The second kappa shape index (κ2) is 4.93. The maximum atomic E-state index is 6.35. The van der Waals surface area contributed by atoms with Gasteiger partial charge in [-0.3, -0.25) is 0 Å². The molecule has 5 N–H and O–H groups in total. The third-order valence-corrected chi connectivity index (χ3v) is 3.39. The van der Waals surface area contributed by atoms with Crippen LogP contribution in [-0.2, 0) is 6.54 Å². The van der Waals surface area contributed by atoms with E-state index in [0.29, 0.717) is 5.82 Å². The van der Waals surface area contributed by atoms with Crippen molar-refractivity contribution >= 4 is 18.1 Å². The van der Waals surface area contributed by atoms with Gasteiger partial charge in [-0.05, 0) is 18.9 Å². The fourth-order valence-corrected chi connectivity index (χ4v) is 2.31. The Bertz CT molecular complexity index is 707. The van der Waals surface area contributed by atoms with E-state index in [1.807, 2.05) is 16.8 Å². The molecule has 0 saturated heterocycles. The van der Waals surface area contributed by atoms with Gasteiger partial charge in [0, 0.05) is 30.4 Å². The molecule has 7 heteroatoms. The lowest BCUT2D eigenvalue weighted by Gasteiger charge is -2.28. The van der Waals surface area contributed by atoms with Gasteiger partial charge in [0.15, 0.2) is 0 Å². The van der Waals surface area contributed by atoms with Crippen molar-refractivity contribution in [2.24, 2.45) is 5.73 Å². The molecule has 0 amide bonds. The van der Waals surface area contributed by atoms with Gasteiger partial charge >= 0.3 is 0 Å². The van der Waals surface area contributed by atoms with Crippen LogP contribution in [0, 0.1) is 0 Å². The highest BCUT2D eigenvalue weighted by Crippen LogP contribution is 2.11. The molecule has 1 aliphatic rings. The minimum atomic E-state index is -0.619. The molecule has 0 spiro atoms. The standard InChI is InChI=1S/C13H17N7/c14-12-10-6-13(15,19-7-11(10)17-8-18-12)2-1-4-20-5-3-16-9-20/h3,5-9,19H,1-2,4,15H2,(H2,14,17,18). The number of fused-ring (bicyclic) bond motifs is 1. The van der Waals surface area contributed by atoms with Gasteiger partial charge in [0.25, 0.3) is 0 Å². The molecule has 7 nitrogen and oxygen atoms in total. The summed E-state index contributed by atoms with van der Waals surface area (Å²) in [6.07, 6.45) is 12.4. The number of nitrogens with one attached hydrogen (secondary N) is 1. The lowest BCUT2D eigenvalue weighted by molar-refractivity contribution is 0.437. The molecule has 0 radical (unpaired) electrons. The number of imidazole rings is 1. The predicted molar refractivity (Wildman–Crippen MR) is 76.1 cm³/mol. The Morgan fingerprint density at radius 3 is 3.05 bits per heavy atom. The fraction of sp³-hybridized carbons (Fsp3) is 0.308. The zero-order valence-electron chi connectivity index (χ0n) is 11.0. The van der Waals surface area contributed by atoms with Crippen LogP contribution in [0.5, 0.6) is 0 Å². The maximum Gasteiger partial charge on any atom is 0.134 e. The van der Waals surface area contributed by atoms with Gasteiger partial charge in [-0.1, -0.05) is 0 Å². The lowest BCUT2D eigenvalue weighted by atomic mass is 10.0. The first kappa shape index (κ1) is 12.6. The number of aromatic nitrogens is 4. The predicted octanol–water partition coefficient (Wildman–Crippen LogP) is -1.49. The summed E-state index contributed by atoms with van der Waals surface area (Å²) in [5.74, 6) is 0.456. The zero-order valence-corrected chi connectivity index (χ0v) is 11.0. The summed E-state index contributed by atoms with van der Waals surface area (Å²) in [6.45, 7) is 0.877. The first-order valence-electron chi connectivity index (χ1n) is 6.48. The highest BCUT2D eigenvalue weighted by molar-refractivity contribution is 5.50. The molecular weight excluding hydrogens is 254 g/mol. The Morgan fingerprint density at radius 2 is 2.25 bits per heavy atom. The van der Waals surface area contributed by atoms with Crippen molar-refractivity contribution < 1.29 is 0 Å². The number of aryl methyl sites for hydroxylation is 1. The second-order valence-electron chi connectivity index (χ2n) is 4.94. The van der Waals surface area contributed by atoms with Gasteiger partial charge in [-0.25, -0.2) is 15.0 Å². The monoisotopic (exact) mass is 271 g/mol. The van der Waals surface area contributed by atoms with Crippen molar-refractivity contribution in [3.8, 4) is 0 Å². The van der Waals surface area contributed by atoms with E-state index in [2.05, 4.69) is 20.3 Å². The minimum absolute atomic E-state index is 0.456. The van der Waals surface area contributed by atoms with Crippen molar-refractivity contribution in [2.45, 2.75) is 25.0 Å². The van der Waals surface area contributed by atoms with Crippen LogP contribution >= 0.6 is 0 Å². The van der Waals surface area contributed by atoms with Crippen LogP contribution < -0.4 is 27.4 Å². The average Bonchev–Trinajstić information content (AvgIpc) is 2.93. The average molecular weight is 271 g/mol. The lowest BCUT2D eigenvalue weighted by Crippen LogP contribution is -2.56. The second-order valence-corrected chi connectivity index (χ2v) is 4.94. The number of rotatable bonds is 4. The van der Waals surface area contributed by atoms with Crippen molar-refractivity contribution in [1.82, 2.24) is 24.8 Å². The van der Waals surface area contributed by atoms with Crippen LogP contribution in [0.3, 0.4) is 0 Å². The fourth-order valence-electron chi connectivity index (χ4n) is 2.31. The van der Waals surface area contributed by atoms with Gasteiger partial charge in [-0.2, -0.15) is 0 Å². The molecule has 104 valence electrons. The van der Waals surface area contributed by atoms with E-state index in [4.69, 9.17) is 11.5 Å². The van der Waals surface area contributed by atoms with Crippen LogP contribution in [0.2, 0.25) is 0 Å². The van der Waals surface area contributed by atoms with Gasteiger partial charge in [0.05, 0.1) is 11.7 Å². The summed E-state index contributed by atoms with van der Waals surface area (Å²) in [5.41, 5.74) is 11.6. The van der Waals surface area contributed by atoms with Gasteiger partial charge < -0.3 is 21.4 Å². The van der Waals surface area contributed by atoms with E-state index in [1.165, 1.54) is 6.33 Å². The molecule has 1 unspecified atom stereocenters. The quantitative estimate of drug-likeness (QED) is 0.625. The summed E-state index contributed by atoms with van der Waals surface area (Å²) in [7, 11) is 0. The SMILES string of the molecule is Nc1ncnc2c1=CC(N)(CCCn1ccnc1)NC=2. The number of nitrogens with two attached hydrogens (primary N) is 2. The molecule has 3 rings (SSSR count). The van der Waals surface area contributed by atoms with Crippen LogP contribution in [0.4, 0.5) is 5.82 Å². The van der Waals surface area contributed by atoms with E-state index >= 15 is 0 Å². The third kappa shape index (κ3) is 2.48. The molecule has 2 aromatic rings. The van der Waals surface area contributed by atoms with Crippen molar-refractivity contribution in [2.75, 3.05) is 5.73 Å². The molecule has 0 saturated carbocycles. The smallest absolute Gasteiger partial charge is 0.134 e. The van der Waals surface area contributed by atoms with Gasteiger partial charge in [-0.15, -0.1) is 0 Å². The van der Waals surface area contributed by atoms with E-state index in [1.54, 1.807) is 18.7 Å². The molecule has 1 atom stereocenters. The number of nitrogens with zero attached hydrogens (tertiary/aromatic N) is 4. The Balaban J connectivity index is 1.75. The zero-order chi connectivity index (χ0) is 14.0. The maximum absolute atomic E-state index is 6.35. The molecule has 1 aliphatic heterocycles. The largest absolute Gasteiger partial charge is 0.383 e. The molecule has 0 aromatic carbocycles. The summed E-state index contributed by atoms with van der Waals surface area (Å²) in [5, 5.41) is 4.76. The van der Waals surface area contributed by atoms with Crippen molar-refractivity contribution in [3.05, 3.63) is 35.6 Å². The molecule has 20 heavy (non-hydrogen) atoms.